The summed E-state index contributed by atoms with van der Waals surface area (Å²) in [5.74, 6) is 0. The van der Waals surface area contributed by atoms with E-state index in [9.17, 15) is 0 Å². The normalized spacial score (nSPS) is 16.2. The van der Waals surface area contributed by atoms with Crippen molar-refractivity contribution in [3.8, 4) is 0 Å². The van der Waals surface area contributed by atoms with Gasteiger partial charge in [-0.1, -0.05) is 24.6 Å². The molecule has 0 saturated heterocycles. The van der Waals surface area contributed by atoms with Crippen LogP contribution < -0.4 is 0 Å². The SMILES string of the molecule is Cc1ccc(CN(CCO)C2CCC2)cc1C. The lowest BCUT2D eigenvalue weighted by atomic mass is 9.91. The maximum absolute atomic E-state index is 9.14. The molecule has 0 bridgehead atoms. The van der Waals surface area contributed by atoms with Crippen molar-refractivity contribution in [2.45, 2.75) is 45.7 Å². The van der Waals surface area contributed by atoms with E-state index < -0.39 is 0 Å². The lowest BCUT2D eigenvalue weighted by Gasteiger charge is -2.37. The Kier molecular flexibility index (Phi) is 4.19. The molecule has 2 heteroatoms. The van der Waals surface area contributed by atoms with Gasteiger partial charge in [-0.15, -0.1) is 0 Å². The molecule has 0 aliphatic heterocycles. The molecule has 1 fully saturated rings. The maximum Gasteiger partial charge on any atom is 0.0558 e. The monoisotopic (exact) mass is 233 g/mol. The summed E-state index contributed by atoms with van der Waals surface area (Å²) in [6, 6.07) is 7.38. The molecule has 0 aromatic heterocycles. The molecule has 94 valence electrons. The van der Waals surface area contributed by atoms with Crippen molar-refractivity contribution in [1.82, 2.24) is 4.90 Å². The number of aliphatic hydroxyl groups excluding tert-OH is 1. The summed E-state index contributed by atoms with van der Waals surface area (Å²) in [5.41, 5.74) is 4.08. The fourth-order valence-electron chi connectivity index (χ4n) is 2.41. The van der Waals surface area contributed by atoms with Gasteiger partial charge < -0.3 is 5.11 Å². The molecule has 1 N–H and O–H groups in total. The highest BCUT2D eigenvalue weighted by atomic mass is 16.3. The van der Waals surface area contributed by atoms with Gasteiger partial charge in [0.15, 0.2) is 0 Å². The van der Waals surface area contributed by atoms with Crippen LogP contribution in [0, 0.1) is 13.8 Å². The van der Waals surface area contributed by atoms with Crippen LogP contribution in [0.1, 0.15) is 36.0 Å². The molecule has 1 aliphatic carbocycles. The van der Waals surface area contributed by atoms with Gasteiger partial charge >= 0.3 is 0 Å². The molecule has 1 saturated carbocycles. The zero-order chi connectivity index (χ0) is 12.3. The van der Waals surface area contributed by atoms with Crippen molar-refractivity contribution >= 4 is 0 Å². The minimum atomic E-state index is 0.265. The molecule has 1 aliphatic rings. The van der Waals surface area contributed by atoms with Crippen LogP contribution in [0.4, 0.5) is 0 Å². The Morgan fingerprint density at radius 2 is 2.00 bits per heavy atom. The summed E-state index contributed by atoms with van der Waals surface area (Å²) in [7, 11) is 0. The summed E-state index contributed by atoms with van der Waals surface area (Å²) in [6.07, 6.45) is 3.94. The molecule has 0 heterocycles. The van der Waals surface area contributed by atoms with Crippen LogP contribution >= 0.6 is 0 Å². The summed E-state index contributed by atoms with van der Waals surface area (Å²) < 4.78 is 0. The largest absolute Gasteiger partial charge is 0.395 e. The Bertz CT molecular complexity index is 371. The van der Waals surface area contributed by atoms with Gasteiger partial charge in [-0.2, -0.15) is 0 Å². The molecule has 2 nitrogen and oxygen atoms in total. The summed E-state index contributed by atoms with van der Waals surface area (Å²) >= 11 is 0. The van der Waals surface area contributed by atoms with Crippen molar-refractivity contribution in [1.29, 1.82) is 0 Å². The first-order valence-electron chi connectivity index (χ1n) is 6.61. The molecule has 0 spiro atoms. The Hall–Kier alpha value is -0.860. The van der Waals surface area contributed by atoms with Crippen LogP contribution in [0.25, 0.3) is 0 Å². The Morgan fingerprint density at radius 3 is 2.53 bits per heavy atom. The highest BCUT2D eigenvalue weighted by molar-refractivity contribution is 5.29. The van der Waals surface area contributed by atoms with Gasteiger partial charge in [0.05, 0.1) is 6.61 Å². The van der Waals surface area contributed by atoms with E-state index in [1.165, 1.54) is 36.0 Å². The summed E-state index contributed by atoms with van der Waals surface area (Å²) in [6.45, 7) is 6.36. The van der Waals surface area contributed by atoms with Crippen molar-refractivity contribution in [3.05, 3.63) is 34.9 Å². The quantitative estimate of drug-likeness (QED) is 0.845. The Labute approximate surface area is 104 Å². The average molecular weight is 233 g/mol. The van der Waals surface area contributed by atoms with E-state index in [0.29, 0.717) is 6.04 Å². The van der Waals surface area contributed by atoms with E-state index in [1.807, 2.05) is 0 Å². The van der Waals surface area contributed by atoms with Crippen LogP contribution in [0.3, 0.4) is 0 Å². The molecule has 0 amide bonds. The molecule has 17 heavy (non-hydrogen) atoms. The summed E-state index contributed by atoms with van der Waals surface area (Å²) in [5, 5.41) is 9.14. The number of nitrogens with zero attached hydrogens (tertiary/aromatic N) is 1. The number of benzene rings is 1. The highest BCUT2D eigenvalue weighted by Crippen LogP contribution is 2.26. The number of hydrogen-bond acceptors (Lipinski definition) is 2. The second-order valence-corrected chi connectivity index (χ2v) is 5.20. The second-order valence-electron chi connectivity index (χ2n) is 5.20. The number of aryl methyl sites for hydroxylation is 2. The van der Waals surface area contributed by atoms with Crippen LogP contribution in [-0.2, 0) is 6.54 Å². The van der Waals surface area contributed by atoms with E-state index in [-0.39, 0.29) is 6.61 Å². The number of aliphatic hydroxyl groups is 1. The van der Waals surface area contributed by atoms with Crippen molar-refractivity contribution < 1.29 is 5.11 Å². The number of rotatable bonds is 5. The Balaban J connectivity index is 2.02. The molecule has 1 aromatic rings. The third-order valence-corrected chi connectivity index (χ3v) is 3.94. The van der Waals surface area contributed by atoms with Crippen LogP contribution in [0.5, 0.6) is 0 Å². The minimum absolute atomic E-state index is 0.265. The van der Waals surface area contributed by atoms with Gasteiger partial charge in [0.2, 0.25) is 0 Å². The highest BCUT2D eigenvalue weighted by Gasteiger charge is 2.24. The van der Waals surface area contributed by atoms with E-state index in [1.54, 1.807) is 0 Å². The molecule has 0 unspecified atom stereocenters. The smallest absolute Gasteiger partial charge is 0.0558 e. The first-order valence-corrected chi connectivity index (χ1v) is 6.61. The van der Waals surface area contributed by atoms with E-state index in [0.717, 1.165) is 13.1 Å². The van der Waals surface area contributed by atoms with E-state index >= 15 is 0 Å². The molecular formula is C15H23NO. The predicted octanol–water partition coefficient (Wildman–Crippen LogP) is 2.65. The Morgan fingerprint density at radius 1 is 1.24 bits per heavy atom. The molecule has 0 atom stereocenters. The minimum Gasteiger partial charge on any atom is -0.395 e. The first kappa shape index (κ1) is 12.6. The first-order chi connectivity index (χ1) is 8.20. The van der Waals surface area contributed by atoms with Gasteiger partial charge in [0, 0.05) is 19.1 Å². The zero-order valence-electron chi connectivity index (χ0n) is 10.9. The number of hydrogen-bond donors (Lipinski definition) is 1. The average Bonchev–Trinajstić information content (AvgIpc) is 2.21. The van der Waals surface area contributed by atoms with Crippen molar-refractivity contribution in [3.63, 3.8) is 0 Å². The lowest BCUT2D eigenvalue weighted by molar-refractivity contribution is 0.0945. The zero-order valence-corrected chi connectivity index (χ0v) is 10.9. The van der Waals surface area contributed by atoms with Crippen LogP contribution in [-0.4, -0.2) is 29.2 Å². The van der Waals surface area contributed by atoms with Gasteiger partial charge in [0.25, 0.3) is 0 Å². The topological polar surface area (TPSA) is 23.5 Å². The van der Waals surface area contributed by atoms with Crippen molar-refractivity contribution in [2.24, 2.45) is 0 Å². The van der Waals surface area contributed by atoms with E-state index in [2.05, 4.69) is 36.9 Å². The van der Waals surface area contributed by atoms with Gasteiger partial charge in [-0.3, -0.25) is 4.90 Å². The fraction of sp³-hybridized carbons (Fsp3) is 0.600. The molecular weight excluding hydrogens is 210 g/mol. The van der Waals surface area contributed by atoms with Crippen molar-refractivity contribution in [2.75, 3.05) is 13.2 Å². The summed E-state index contributed by atoms with van der Waals surface area (Å²) in [4.78, 5) is 2.42. The van der Waals surface area contributed by atoms with Crippen LogP contribution in [0.15, 0.2) is 18.2 Å². The van der Waals surface area contributed by atoms with Crippen LogP contribution in [0.2, 0.25) is 0 Å². The molecule has 0 radical (unpaired) electrons. The lowest BCUT2D eigenvalue weighted by Crippen LogP contribution is -2.41. The molecule has 2 rings (SSSR count). The van der Waals surface area contributed by atoms with Gasteiger partial charge in [-0.25, -0.2) is 0 Å². The molecule has 1 aromatic carbocycles. The fourth-order valence-corrected chi connectivity index (χ4v) is 2.41. The second kappa shape index (κ2) is 5.65. The standard InChI is InChI=1S/C15H23NO/c1-12-6-7-14(10-13(12)2)11-16(8-9-17)15-4-3-5-15/h6-7,10,15,17H,3-5,8-9,11H2,1-2H3. The third kappa shape index (κ3) is 3.08. The van der Waals surface area contributed by atoms with Gasteiger partial charge in [-0.05, 0) is 43.4 Å². The van der Waals surface area contributed by atoms with Gasteiger partial charge in [0.1, 0.15) is 0 Å². The third-order valence-electron chi connectivity index (χ3n) is 3.94. The predicted molar refractivity (Wildman–Crippen MR) is 71.1 cm³/mol. The maximum atomic E-state index is 9.14. The van der Waals surface area contributed by atoms with E-state index in [4.69, 9.17) is 5.11 Å².